The first-order valence-corrected chi connectivity index (χ1v) is 7.66. The van der Waals surface area contributed by atoms with E-state index in [1.807, 2.05) is 13.2 Å². The van der Waals surface area contributed by atoms with E-state index in [1.165, 1.54) is 16.8 Å². The topological polar surface area (TPSA) is 28.2 Å². The summed E-state index contributed by atoms with van der Waals surface area (Å²) in [6.45, 7) is 3.07. The summed E-state index contributed by atoms with van der Waals surface area (Å²) >= 11 is 3.51. The maximum absolute atomic E-state index is 4.67. The summed E-state index contributed by atoms with van der Waals surface area (Å²) in [4.78, 5) is 7.02. The van der Waals surface area contributed by atoms with E-state index in [2.05, 4.69) is 68.4 Å². The van der Waals surface area contributed by atoms with Crippen molar-refractivity contribution in [3.8, 4) is 0 Å². The van der Waals surface area contributed by atoms with Gasteiger partial charge in [-0.3, -0.25) is 0 Å². The Morgan fingerprint density at radius 3 is 3.00 bits per heavy atom. The Labute approximate surface area is 128 Å². The molecular weight excluding hydrogens is 314 g/mol. The quantitative estimate of drug-likeness (QED) is 0.930. The van der Waals surface area contributed by atoms with Crippen molar-refractivity contribution in [3.63, 3.8) is 0 Å². The number of halogens is 1. The number of benzene rings is 1. The molecule has 1 unspecified atom stereocenters. The third kappa shape index (κ3) is 2.34. The normalized spacial score (nSPS) is 17.4. The fraction of sp³-hybridized carbons (Fsp3) is 0.312. The first-order valence-electron chi connectivity index (χ1n) is 6.87. The van der Waals surface area contributed by atoms with E-state index < -0.39 is 0 Å². The zero-order chi connectivity index (χ0) is 14.1. The number of para-hydroxylation sites is 1. The molecule has 1 aromatic carbocycles. The second kappa shape index (κ2) is 5.54. The summed E-state index contributed by atoms with van der Waals surface area (Å²) in [5.41, 5.74) is 3.90. The van der Waals surface area contributed by atoms with Crippen molar-refractivity contribution in [2.45, 2.75) is 25.9 Å². The first-order chi connectivity index (χ1) is 9.70. The van der Waals surface area contributed by atoms with Gasteiger partial charge in [-0.2, -0.15) is 0 Å². The van der Waals surface area contributed by atoms with Crippen LogP contribution in [0, 0.1) is 0 Å². The molecule has 0 saturated heterocycles. The van der Waals surface area contributed by atoms with Crippen molar-refractivity contribution in [3.05, 3.63) is 52.1 Å². The average molecular weight is 332 g/mol. The highest BCUT2D eigenvalue weighted by Crippen LogP contribution is 2.38. The molecule has 104 valence electrons. The van der Waals surface area contributed by atoms with Crippen molar-refractivity contribution in [2.24, 2.45) is 0 Å². The molecule has 1 atom stereocenters. The minimum absolute atomic E-state index is 0.441. The lowest BCUT2D eigenvalue weighted by Crippen LogP contribution is -2.26. The maximum Gasteiger partial charge on any atom is 0.137 e. The molecular formula is C16H18BrN3. The minimum atomic E-state index is 0.441. The summed E-state index contributed by atoms with van der Waals surface area (Å²) in [6.07, 6.45) is 2.95. The van der Waals surface area contributed by atoms with Crippen molar-refractivity contribution in [2.75, 3.05) is 11.9 Å². The molecule has 0 bridgehead atoms. The molecule has 1 aromatic heterocycles. The van der Waals surface area contributed by atoms with Gasteiger partial charge in [0, 0.05) is 34.5 Å². The van der Waals surface area contributed by atoms with Gasteiger partial charge in [-0.1, -0.05) is 18.2 Å². The Morgan fingerprint density at radius 2 is 2.20 bits per heavy atom. The predicted octanol–water partition coefficient (Wildman–Crippen LogP) is 3.65. The number of anilines is 2. The van der Waals surface area contributed by atoms with Crippen LogP contribution in [0.2, 0.25) is 0 Å². The molecule has 2 aromatic rings. The zero-order valence-electron chi connectivity index (χ0n) is 11.7. The molecule has 1 aliphatic rings. The van der Waals surface area contributed by atoms with Crippen LogP contribution in [-0.4, -0.2) is 18.1 Å². The Balaban J connectivity index is 2.09. The number of hydrogen-bond acceptors (Lipinski definition) is 3. The van der Waals surface area contributed by atoms with Crippen LogP contribution in [0.4, 0.5) is 11.5 Å². The lowest BCUT2D eigenvalue weighted by atomic mass is 10.1. The lowest BCUT2D eigenvalue weighted by Gasteiger charge is -2.26. The predicted molar refractivity (Wildman–Crippen MR) is 86.4 cm³/mol. The van der Waals surface area contributed by atoms with Crippen LogP contribution in [0.3, 0.4) is 0 Å². The van der Waals surface area contributed by atoms with Crippen molar-refractivity contribution in [1.82, 2.24) is 10.3 Å². The van der Waals surface area contributed by atoms with E-state index in [-0.39, 0.29) is 0 Å². The van der Waals surface area contributed by atoms with Gasteiger partial charge in [0.25, 0.3) is 0 Å². The standard InChI is InChI=1S/C16H18BrN3/c1-11-7-12-5-3-4-6-15(12)20(11)16-13(9-18-2)8-14(17)10-19-16/h3-6,8,10-11,18H,7,9H2,1-2H3. The highest BCUT2D eigenvalue weighted by atomic mass is 79.9. The van der Waals surface area contributed by atoms with Gasteiger partial charge in [-0.05, 0) is 54.0 Å². The Morgan fingerprint density at radius 1 is 1.40 bits per heavy atom. The highest BCUT2D eigenvalue weighted by Gasteiger charge is 2.29. The number of nitrogens with one attached hydrogen (secondary N) is 1. The number of hydrogen-bond donors (Lipinski definition) is 1. The van der Waals surface area contributed by atoms with E-state index in [9.17, 15) is 0 Å². The monoisotopic (exact) mass is 331 g/mol. The third-order valence-electron chi connectivity index (χ3n) is 3.71. The fourth-order valence-electron chi connectivity index (χ4n) is 2.90. The molecule has 0 amide bonds. The molecule has 3 rings (SSSR count). The van der Waals surface area contributed by atoms with E-state index in [0.717, 1.165) is 23.3 Å². The summed E-state index contributed by atoms with van der Waals surface area (Å²) in [6, 6.07) is 11.2. The third-order valence-corrected chi connectivity index (χ3v) is 4.15. The number of fused-ring (bicyclic) bond motifs is 1. The molecule has 0 saturated carbocycles. The van der Waals surface area contributed by atoms with Gasteiger partial charge in [-0.15, -0.1) is 0 Å². The van der Waals surface area contributed by atoms with Crippen LogP contribution >= 0.6 is 15.9 Å². The van der Waals surface area contributed by atoms with Gasteiger partial charge >= 0.3 is 0 Å². The van der Waals surface area contributed by atoms with Gasteiger partial charge in [0.05, 0.1) is 0 Å². The summed E-state index contributed by atoms with van der Waals surface area (Å²) in [5.74, 6) is 1.06. The van der Waals surface area contributed by atoms with Gasteiger partial charge in [-0.25, -0.2) is 4.98 Å². The second-order valence-electron chi connectivity index (χ2n) is 5.22. The van der Waals surface area contributed by atoms with Crippen molar-refractivity contribution >= 4 is 27.4 Å². The highest BCUT2D eigenvalue weighted by molar-refractivity contribution is 9.10. The number of aromatic nitrogens is 1. The number of nitrogens with zero attached hydrogens (tertiary/aromatic N) is 2. The van der Waals surface area contributed by atoms with Crippen LogP contribution in [0.1, 0.15) is 18.1 Å². The van der Waals surface area contributed by atoms with Gasteiger partial charge in [0.15, 0.2) is 0 Å². The number of pyridine rings is 1. The van der Waals surface area contributed by atoms with Crippen molar-refractivity contribution in [1.29, 1.82) is 0 Å². The molecule has 1 aliphatic heterocycles. The zero-order valence-corrected chi connectivity index (χ0v) is 13.3. The van der Waals surface area contributed by atoms with E-state index in [4.69, 9.17) is 0 Å². The maximum atomic E-state index is 4.67. The summed E-state index contributed by atoms with van der Waals surface area (Å²) in [7, 11) is 1.96. The average Bonchev–Trinajstić information content (AvgIpc) is 2.76. The SMILES string of the molecule is CNCc1cc(Br)cnc1N1c2ccccc2CC1C. The smallest absolute Gasteiger partial charge is 0.137 e. The molecule has 2 heterocycles. The molecule has 3 nitrogen and oxygen atoms in total. The van der Waals surface area contributed by atoms with E-state index in [0.29, 0.717) is 6.04 Å². The van der Waals surface area contributed by atoms with Crippen LogP contribution in [0.15, 0.2) is 41.0 Å². The molecule has 0 radical (unpaired) electrons. The Bertz CT molecular complexity index is 627. The fourth-order valence-corrected chi connectivity index (χ4v) is 3.28. The van der Waals surface area contributed by atoms with Gasteiger partial charge < -0.3 is 10.2 Å². The molecule has 0 fully saturated rings. The molecule has 1 N–H and O–H groups in total. The summed E-state index contributed by atoms with van der Waals surface area (Å²) in [5, 5.41) is 3.23. The second-order valence-corrected chi connectivity index (χ2v) is 6.13. The van der Waals surface area contributed by atoms with E-state index >= 15 is 0 Å². The van der Waals surface area contributed by atoms with Crippen molar-refractivity contribution < 1.29 is 0 Å². The molecule has 4 heteroatoms. The molecule has 0 aliphatic carbocycles. The van der Waals surface area contributed by atoms with Gasteiger partial charge in [0.2, 0.25) is 0 Å². The van der Waals surface area contributed by atoms with Crippen LogP contribution in [-0.2, 0) is 13.0 Å². The van der Waals surface area contributed by atoms with Crippen LogP contribution in [0.25, 0.3) is 0 Å². The number of rotatable bonds is 3. The Kier molecular flexibility index (Phi) is 3.76. The largest absolute Gasteiger partial charge is 0.323 e. The van der Waals surface area contributed by atoms with Crippen LogP contribution < -0.4 is 10.2 Å². The molecule has 0 spiro atoms. The van der Waals surface area contributed by atoms with Crippen LogP contribution in [0.5, 0.6) is 0 Å². The summed E-state index contributed by atoms with van der Waals surface area (Å²) < 4.78 is 1.02. The first kappa shape index (κ1) is 13.6. The lowest BCUT2D eigenvalue weighted by molar-refractivity contribution is 0.735. The minimum Gasteiger partial charge on any atom is -0.323 e. The van der Waals surface area contributed by atoms with E-state index in [1.54, 1.807) is 0 Å². The Hall–Kier alpha value is -1.39. The molecule has 20 heavy (non-hydrogen) atoms. The van der Waals surface area contributed by atoms with Gasteiger partial charge in [0.1, 0.15) is 5.82 Å².